The SMILES string of the molecule is C#CCCCCCCCCC(C[N+](C)(C)C)OP(=O)(O)O. The van der Waals surface area contributed by atoms with Gasteiger partial charge in [0.1, 0.15) is 12.6 Å². The van der Waals surface area contributed by atoms with Gasteiger partial charge < -0.3 is 14.3 Å². The van der Waals surface area contributed by atoms with E-state index in [9.17, 15) is 4.57 Å². The van der Waals surface area contributed by atoms with Gasteiger partial charge in [-0.2, -0.15) is 0 Å². The minimum absolute atomic E-state index is 0.396. The van der Waals surface area contributed by atoms with Gasteiger partial charge in [0.2, 0.25) is 0 Å². The molecule has 0 aliphatic rings. The summed E-state index contributed by atoms with van der Waals surface area (Å²) in [5.41, 5.74) is 0. The van der Waals surface area contributed by atoms with E-state index in [0.29, 0.717) is 17.4 Å². The predicted molar refractivity (Wildman–Crippen MR) is 85.6 cm³/mol. The van der Waals surface area contributed by atoms with Gasteiger partial charge in [-0.05, 0) is 12.8 Å². The fraction of sp³-hybridized carbons (Fsp3) is 0.867. The van der Waals surface area contributed by atoms with Crippen LogP contribution in [0.5, 0.6) is 0 Å². The molecule has 6 heteroatoms. The number of likely N-dealkylation sites (N-methyl/N-ethyl adjacent to an activating group) is 1. The maximum absolute atomic E-state index is 11.0. The molecule has 0 aromatic carbocycles. The van der Waals surface area contributed by atoms with Gasteiger partial charge in [0.15, 0.2) is 0 Å². The second kappa shape index (κ2) is 10.4. The van der Waals surface area contributed by atoms with Gasteiger partial charge in [0, 0.05) is 6.42 Å². The van der Waals surface area contributed by atoms with Crippen molar-refractivity contribution in [2.24, 2.45) is 0 Å². The van der Waals surface area contributed by atoms with Crippen LogP contribution < -0.4 is 0 Å². The van der Waals surface area contributed by atoms with Crippen molar-refractivity contribution in [3.63, 3.8) is 0 Å². The molecule has 5 nitrogen and oxygen atoms in total. The summed E-state index contributed by atoms with van der Waals surface area (Å²) in [5, 5.41) is 0. The summed E-state index contributed by atoms with van der Waals surface area (Å²) in [6.07, 6.45) is 12.9. The topological polar surface area (TPSA) is 66.8 Å². The first-order valence-electron chi connectivity index (χ1n) is 7.62. The Bertz CT molecular complexity index is 354. The molecule has 0 saturated carbocycles. The lowest BCUT2D eigenvalue weighted by Gasteiger charge is -2.29. The second-order valence-corrected chi connectivity index (χ2v) is 7.75. The van der Waals surface area contributed by atoms with Crippen LogP contribution in [-0.4, -0.2) is 48.1 Å². The van der Waals surface area contributed by atoms with E-state index >= 15 is 0 Å². The summed E-state index contributed by atoms with van der Waals surface area (Å²) in [6.45, 7) is 0.591. The lowest BCUT2D eigenvalue weighted by Crippen LogP contribution is -2.42. The minimum atomic E-state index is -4.41. The van der Waals surface area contributed by atoms with Gasteiger partial charge in [-0.15, -0.1) is 12.3 Å². The summed E-state index contributed by atoms with van der Waals surface area (Å²) in [5.74, 6) is 2.64. The summed E-state index contributed by atoms with van der Waals surface area (Å²) in [7, 11) is 1.55. The Morgan fingerprint density at radius 2 is 1.62 bits per heavy atom. The van der Waals surface area contributed by atoms with Crippen LogP contribution >= 0.6 is 7.82 Å². The Morgan fingerprint density at radius 3 is 2.10 bits per heavy atom. The standard InChI is InChI=1S/C15H30NO4P/c1-5-6-7-8-9-10-11-12-13-15(14-16(2,3)4)20-21(17,18)19/h1,15H,6-14H2,2-4H3,(H-,17,18,19)/p+1. The van der Waals surface area contributed by atoms with Crippen molar-refractivity contribution in [1.82, 2.24) is 0 Å². The van der Waals surface area contributed by atoms with E-state index < -0.39 is 13.9 Å². The monoisotopic (exact) mass is 320 g/mol. The summed E-state index contributed by atoms with van der Waals surface area (Å²) in [6, 6.07) is 0. The molecule has 0 heterocycles. The van der Waals surface area contributed by atoms with Gasteiger partial charge in [0.25, 0.3) is 0 Å². The van der Waals surface area contributed by atoms with Gasteiger partial charge in [0.05, 0.1) is 21.1 Å². The second-order valence-electron chi connectivity index (χ2n) is 6.56. The van der Waals surface area contributed by atoms with Crippen molar-refractivity contribution >= 4 is 7.82 Å². The van der Waals surface area contributed by atoms with Crippen molar-refractivity contribution < 1.29 is 23.4 Å². The van der Waals surface area contributed by atoms with Crippen molar-refractivity contribution in [2.75, 3.05) is 27.7 Å². The molecule has 0 spiro atoms. The Labute approximate surface area is 129 Å². The average molecular weight is 320 g/mol. The van der Waals surface area contributed by atoms with E-state index in [4.69, 9.17) is 20.7 Å². The van der Waals surface area contributed by atoms with Crippen molar-refractivity contribution in [3.8, 4) is 12.3 Å². The fourth-order valence-corrected chi connectivity index (χ4v) is 2.85. The van der Waals surface area contributed by atoms with Gasteiger partial charge in [-0.25, -0.2) is 4.57 Å². The molecule has 0 rings (SSSR count). The van der Waals surface area contributed by atoms with Gasteiger partial charge >= 0.3 is 7.82 Å². The van der Waals surface area contributed by atoms with Crippen LogP contribution in [0, 0.1) is 12.3 Å². The number of phosphoric acid groups is 1. The fourth-order valence-electron chi connectivity index (χ4n) is 2.29. The number of hydrogen-bond donors (Lipinski definition) is 2. The van der Waals surface area contributed by atoms with E-state index in [2.05, 4.69) is 5.92 Å². The molecule has 0 amide bonds. The Hall–Kier alpha value is -0.370. The zero-order chi connectivity index (χ0) is 16.4. The van der Waals surface area contributed by atoms with Crippen molar-refractivity contribution in [1.29, 1.82) is 0 Å². The molecule has 0 aromatic heterocycles. The van der Waals surface area contributed by atoms with Crippen LogP contribution in [0.3, 0.4) is 0 Å². The summed E-state index contributed by atoms with van der Waals surface area (Å²) >= 11 is 0. The van der Waals surface area contributed by atoms with E-state index in [1.165, 1.54) is 6.42 Å². The third kappa shape index (κ3) is 15.8. The number of nitrogens with zero attached hydrogens (tertiary/aromatic N) is 1. The number of terminal acetylenes is 1. The van der Waals surface area contributed by atoms with Crippen molar-refractivity contribution in [2.45, 2.75) is 57.5 Å². The highest BCUT2D eigenvalue weighted by molar-refractivity contribution is 7.46. The minimum Gasteiger partial charge on any atom is -0.329 e. The van der Waals surface area contributed by atoms with Gasteiger partial charge in [-0.3, -0.25) is 4.52 Å². The molecule has 124 valence electrons. The molecule has 21 heavy (non-hydrogen) atoms. The lowest BCUT2D eigenvalue weighted by atomic mass is 10.1. The van der Waals surface area contributed by atoms with Crippen LogP contribution in [0.2, 0.25) is 0 Å². The van der Waals surface area contributed by atoms with Crippen LogP contribution in [-0.2, 0) is 9.09 Å². The first-order chi connectivity index (χ1) is 9.64. The third-order valence-electron chi connectivity index (χ3n) is 3.13. The molecule has 0 aliphatic carbocycles. The molecular weight excluding hydrogens is 289 g/mol. The number of phosphoric ester groups is 1. The molecule has 0 radical (unpaired) electrons. The molecule has 1 unspecified atom stereocenters. The normalized spacial score (nSPS) is 13.9. The quantitative estimate of drug-likeness (QED) is 0.251. The molecular formula is C15H31NO4P+. The Morgan fingerprint density at radius 1 is 1.10 bits per heavy atom. The zero-order valence-electron chi connectivity index (χ0n) is 13.6. The highest BCUT2D eigenvalue weighted by atomic mass is 31.2. The van der Waals surface area contributed by atoms with Gasteiger partial charge in [-0.1, -0.05) is 32.1 Å². The largest absolute Gasteiger partial charge is 0.470 e. The third-order valence-corrected chi connectivity index (χ3v) is 3.71. The van der Waals surface area contributed by atoms with E-state index in [1.54, 1.807) is 0 Å². The van der Waals surface area contributed by atoms with Crippen LogP contribution in [0.1, 0.15) is 51.4 Å². The van der Waals surface area contributed by atoms with Crippen LogP contribution in [0.4, 0.5) is 0 Å². The molecule has 0 bridgehead atoms. The average Bonchev–Trinajstić information content (AvgIpc) is 2.28. The summed E-state index contributed by atoms with van der Waals surface area (Å²) in [4.78, 5) is 17.9. The zero-order valence-corrected chi connectivity index (χ0v) is 14.5. The highest BCUT2D eigenvalue weighted by Crippen LogP contribution is 2.38. The number of unbranched alkanes of at least 4 members (excludes halogenated alkanes) is 6. The lowest BCUT2D eigenvalue weighted by molar-refractivity contribution is -0.873. The summed E-state index contributed by atoms with van der Waals surface area (Å²) < 4.78 is 16.5. The number of quaternary nitrogens is 1. The molecule has 0 saturated heterocycles. The molecule has 1 atom stereocenters. The Balaban J connectivity index is 3.91. The molecule has 2 N–H and O–H groups in total. The molecule has 0 fully saturated rings. The van der Waals surface area contributed by atoms with Crippen LogP contribution in [0.15, 0.2) is 0 Å². The molecule has 0 aromatic rings. The smallest absolute Gasteiger partial charge is 0.329 e. The predicted octanol–water partition coefficient (Wildman–Crippen LogP) is 2.92. The first kappa shape index (κ1) is 20.6. The van der Waals surface area contributed by atoms with Crippen LogP contribution in [0.25, 0.3) is 0 Å². The Kier molecular flexibility index (Phi) is 10.2. The van der Waals surface area contributed by atoms with E-state index in [0.717, 1.165) is 38.5 Å². The number of hydrogen-bond acceptors (Lipinski definition) is 2. The first-order valence-corrected chi connectivity index (χ1v) is 9.15. The highest BCUT2D eigenvalue weighted by Gasteiger charge is 2.26. The van der Waals surface area contributed by atoms with Crippen molar-refractivity contribution in [3.05, 3.63) is 0 Å². The maximum atomic E-state index is 11.0. The maximum Gasteiger partial charge on any atom is 0.470 e. The van der Waals surface area contributed by atoms with E-state index in [1.807, 2.05) is 21.1 Å². The number of rotatable bonds is 12. The molecule has 0 aliphatic heterocycles. The van der Waals surface area contributed by atoms with E-state index in [-0.39, 0.29) is 0 Å².